The molecule has 0 saturated heterocycles. The zero-order valence-corrected chi connectivity index (χ0v) is 25.5. The lowest BCUT2D eigenvalue weighted by atomic mass is 9.83. The number of rotatable bonds is 19. The Bertz CT molecular complexity index is 850. The summed E-state index contributed by atoms with van der Waals surface area (Å²) < 4.78 is 10.8. The molecule has 2 amide bonds. The zero-order valence-electron chi connectivity index (χ0n) is 24.7. The number of aliphatic hydroxyl groups excluding tert-OH is 1. The SMILES string of the molecule is CCCCNC(=O)C(CC(O)C(N)CC(CNC(=O)c1ccccc1OCC=CCOC)C(C)C)C(C)C.Cl. The van der Waals surface area contributed by atoms with Gasteiger partial charge in [-0.25, -0.2) is 0 Å². The number of amides is 2. The van der Waals surface area contributed by atoms with Gasteiger partial charge in [-0.2, -0.15) is 0 Å². The molecule has 0 radical (unpaired) electrons. The molecule has 4 atom stereocenters. The van der Waals surface area contributed by atoms with Crippen molar-refractivity contribution >= 4 is 24.2 Å². The summed E-state index contributed by atoms with van der Waals surface area (Å²) in [6.07, 6.45) is 5.69. The van der Waals surface area contributed by atoms with Crippen molar-refractivity contribution < 1.29 is 24.2 Å². The summed E-state index contributed by atoms with van der Waals surface area (Å²) in [7, 11) is 1.62. The van der Waals surface area contributed by atoms with E-state index < -0.39 is 12.1 Å². The topological polar surface area (TPSA) is 123 Å². The predicted molar refractivity (Wildman–Crippen MR) is 160 cm³/mol. The van der Waals surface area contributed by atoms with Crippen LogP contribution in [0.15, 0.2) is 36.4 Å². The second-order valence-corrected chi connectivity index (χ2v) is 10.6. The molecule has 0 bridgehead atoms. The third-order valence-corrected chi connectivity index (χ3v) is 6.90. The first-order valence-corrected chi connectivity index (χ1v) is 14.0. The maximum atomic E-state index is 13.0. The van der Waals surface area contributed by atoms with E-state index in [0.717, 1.165) is 12.8 Å². The summed E-state index contributed by atoms with van der Waals surface area (Å²) in [6.45, 7) is 12.1. The lowest BCUT2D eigenvalue weighted by Crippen LogP contribution is -2.44. The van der Waals surface area contributed by atoms with Gasteiger partial charge in [-0.15, -0.1) is 12.4 Å². The molecule has 1 aromatic carbocycles. The van der Waals surface area contributed by atoms with Gasteiger partial charge in [0, 0.05) is 32.2 Å². The summed E-state index contributed by atoms with van der Waals surface area (Å²) in [6, 6.07) is 6.64. The average Bonchev–Trinajstić information content (AvgIpc) is 2.88. The summed E-state index contributed by atoms with van der Waals surface area (Å²) >= 11 is 0. The fraction of sp³-hybridized carbons (Fsp3) is 0.667. The van der Waals surface area contributed by atoms with Gasteiger partial charge in [0.2, 0.25) is 5.91 Å². The van der Waals surface area contributed by atoms with E-state index >= 15 is 0 Å². The van der Waals surface area contributed by atoms with Crippen LogP contribution >= 0.6 is 12.4 Å². The van der Waals surface area contributed by atoms with E-state index in [9.17, 15) is 14.7 Å². The van der Waals surface area contributed by atoms with Crippen LogP contribution in [0.3, 0.4) is 0 Å². The van der Waals surface area contributed by atoms with Crippen molar-refractivity contribution in [2.45, 2.75) is 72.4 Å². The first-order valence-electron chi connectivity index (χ1n) is 14.0. The second-order valence-electron chi connectivity index (χ2n) is 10.6. The van der Waals surface area contributed by atoms with Crippen molar-refractivity contribution in [3.63, 3.8) is 0 Å². The predicted octanol–water partition coefficient (Wildman–Crippen LogP) is 4.35. The summed E-state index contributed by atoms with van der Waals surface area (Å²) in [5.74, 6) is 0.362. The van der Waals surface area contributed by atoms with E-state index in [1.807, 2.05) is 32.1 Å². The Morgan fingerprint density at radius 3 is 2.31 bits per heavy atom. The van der Waals surface area contributed by atoms with Gasteiger partial charge in [-0.1, -0.05) is 59.2 Å². The molecule has 0 saturated carbocycles. The molecule has 1 aromatic rings. The minimum atomic E-state index is -0.809. The van der Waals surface area contributed by atoms with E-state index in [4.69, 9.17) is 15.2 Å². The number of hydrogen-bond donors (Lipinski definition) is 4. The first kappa shape index (κ1) is 36.9. The first-order chi connectivity index (χ1) is 18.1. The molecule has 0 aliphatic heterocycles. The summed E-state index contributed by atoms with van der Waals surface area (Å²) in [4.78, 5) is 25.7. The number of halogens is 1. The van der Waals surface area contributed by atoms with Crippen LogP contribution in [0.2, 0.25) is 0 Å². The van der Waals surface area contributed by atoms with Crippen LogP contribution in [0.1, 0.15) is 70.7 Å². The molecule has 5 N–H and O–H groups in total. The van der Waals surface area contributed by atoms with Crippen LogP contribution < -0.4 is 21.1 Å². The van der Waals surface area contributed by atoms with Crippen molar-refractivity contribution in [1.82, 2.24) is 10.6 Å². The van der Waals surface area contributed by atoms with Crippen LogP contribution in [-0.2, 0) is 9.53 Å². The number of carbonyl (C=O) groups excluding carboxylic acids is 2. The van der Waals surface area contributed by atoms with E-state index in [1.165, 1.54) is 0 Å². The molecule has 0 aromatic heterocycles. The number of nitrogens with one attached hydrogen (secondary N) is 2. The quantitative estimate of drug-likeness (QED) is 0.145. The Hall–Kier alpha value is -2.13. The second kappa shape index (κ2) is 20.7. The molecule has 39 heavy (non-hydrogen) atoms. The fourth-order valence-electron chi connectivity index (χ4n) is 4.20. The van der Waals surface area contributed by atoms with E-state index in [-0.39, 0.29) is 47.9 Å². The smallest absolute Gasteiger partial charge is 0.255 e. The third-order valence-electron chi connectivity index (χ3n) is 6.90. The Labute approximate surface area is 241 Å². The normalized spacial score (nSPS) is 14.5. The van der Waals surface area contributed by atoms with Crippen molar-refractivity contribution in [2.24, 2.45) is 29.4 Å². The number of carbonyl (C=O) groups is 2. The highest BCUT2D eigenvalue weighted by atomic mass is 35.5. The van der Waals surface area contributed by atoms with Crippen LogP contribution in [0, 0.1) is 23.7 Å². The van der Waals surface area contributed by atoms with Crippen molar-refractivity contribution in [1.29, 1.82) is 0 Å². The molecule has 0 fully saturated rings. The molecular weight excluding hydrogens is 518 g/mol. The maximum Gasteiger partial charge on any atom is 0.255 e. The van der Waals surface area contributed by atoms with Crippen molar-refractivity contribution in [3.05, 3.63) is 42.0 Å². The summed E-state index contributed by atoms with van der Waals surface area (Å²) in [5, 5.41) is 16.9. The molecule has 0 aliphatic carbocycles. The molecule has 0 aliphatic rings. The number of aliphatic hydroxyl groups is 1. The summed E-state index contributed by atoms with van der Waals surface area (Å²) in [5.41, 5.74) is 6.89. The number of benzene rings is 1. The van der Waals surface area contributed by atoms with Gasteiger partial charge in [0.05, 0.1) is 18.3 Å². The Morgan fingerprint density at radius 2 is 1.69 bits per heavy atom. The molecule has 9 heteroatoms. The van der Waals surface area contributed by atoms with E-state index in [1.54, 1.807) is 25.3 Å². The number of para-hydroxylation sites is 1. The van der Waals surface area contributed by atoms with E-state index in [0.29, 0.717) is 50.5 Å². The zero-order chi connectivity index (χ0) is 28.5. The Balaban J connectivity index is 0.0000144. The van der Waals surface area contributed by atoms with Gasteiger partial charge >= 0.3 is 0 Å². The van der Waals surface area contributed by atoms with Crippen LogP contribution in [-0.4, -0.2) is 62.5 Å². The number of hydrogen-bond acceptors (Lipinski definition) is 6. The highest BCUT2D eigenvalue weighted by Crippen LogP contribution is 2.24. The number of nitrogens with two attached hydrogens (primary N) is 1. The molecule has 0 heterocycles. The number of unbranched alkanes of at least 4 members (excludes halogenated alkanes) is 1. The molecule has 4 unspecified atom stereocenters. The fourth-order valence-corrected chi connectivity index (χ4v) is 4.20. The standard InChI is InChI=1S/C30H51N3O5.ClH/c1-7-8-15-32-30(36)25(22(4)5)19-27(34)26(31)18-23(21(2)3)20-33-29(35)24-13-9-10-14-28(24)38-17-12-11-16-37-6;/h9-14,21-23,25-27,34H,7-8,15-20,31H2,1-6H3,(H,32,36)(H,33,35);1H. The highest BCUT2D eigenvalue weighted by molar-refractivity contribution is 5.96. The van der Waals surface area contributed by atoms with Gasteiger partial charge < -0.3 is 30.9 Å². The number of methoxy groups -OCH3 is 1. The molecular formula is C30H52ClN3O5. The third kappa shape index (κ3) is 14.2. The average molecular weight is 570 g/mol. The van der Waals surface area contributed by atoms with Gasteiger partial charge in [-0.05, 0) is 55.2 Å². The molecule has 0 spiro atoms. The van der Waals surface area contributed by atoms with Crippen LogP contribution in [0.4, 0.5) is 0 Å². The Kier molecular flexibility index (Phi) is 19.6. The molecule has 1 rings (SSSR count). The number of ether oxygens (including phenoxy) is 2. The van der Waals surface area contributed by atoms with E-state index in [2.05, 4.69) is 31.4 Å². The monoisotopic (exact) mass is 569 g/mol. The minimum Gasteiger partial charge on any atom is -0.489 e. The van der Waals surface area contributed by atoms with Gasteiger partial charge in [0.25, 0.3) is 5.91 Å². The van der Waals surface area contributed by atoms with Gasteiger partial charge in [-0.3, -0.25) is 9.59 Å². The van der Waals surface area contributed by atoms with Crippen molar-refractivity contribution in [2.75, 3.05) is 33.4 Å². The molecule has 224 valence electrons. The maximum absolute atomic E-state index is 13.0. The van der Waals surface area contributed by atoms with Gasteiger partial charge in [0.15, 0.2) is 0 Å². The largest absolute Gasteiger partial charge is 0.489 e. The lowest BCUT2D eigenvalue weighted by molar-refractivity contribution is -0.127. The van der Waals surface area contributed by atoms with Crippen LogP contribution in [0.25, 0.3) is 0 Å². The highest BCUT2D eigenvalue weighted by Gasteiger charge is 2.29. The minimum absolute atomic E-state index is 0. The van der Waals surface area contributed by atoms with Gasteiger partial charge in [0.1, 0.15) is 12.4 Å². The molecule has 8 nitrogen and oxygen atoms in total. The van der Waals surface area contributed by atoms with Crippen LogP contribution in [0.5, 0.6) is 5.75 Å². The van der Waals surface area contributed by atoms with Crippen molar-refractivity contribution in [3.8, 4) is 5.75 Å². The lowest BCUT2D eigenvalue weighted by Gasteiger charge is -2.30. The Morgan fingerprint density at radius 1 is 1.03 bits per heavy atom.